The van der Waals surface area contributed by atoms with E-state index in [-0.39, 0.29) is 30.2 Å². The quantitative estimate of drug-likeness (QED) is 0.366. The van der Waals surface area contributed by atoms with E-state index in [1.54, 1.807) is 6.92 Å². The summed E-state index contributed by atoms with van der Waals surface area (Å²) in [5.74, 6) is 0. The first-order valence-corrected chi connectivity index (χ1v) is 11.4. The summed E-state index contributed by atoms with van der Waals surface area (Å²) >= 11 is 0. The number of amides is 2. The summed E-state index contributed by atoms with van der Waals surface area (Å²) in [7, 11) is 0. The Morgan fingerprint density at radius 1 is 0.923 bits per heavy atom. The Morgan fingerprint density at radius 3 is 1.97 bits per heavy atom. The van der Waals surface area contributed by atoms with E-state index in [0.717, 1.165) is 11.0 Å². The van der Waals surface area contributed by atoms with E-state index >= 15 is 0 Å². The van der Waals surface area contributed by atoms with Crippen LogP contribution in [0, 0.1) is 0 Å². The number of alkyl carbamates (subject to hydrolysis) is 1. The van der Waals surface area contributed by atoms with E-state index in [4.69, 9.17) is 4.74 Å². The molecular formula is C24H21F9N2O4. The zero-order valence-corrected chi connectivity index (χ0v) is 20.0. The van der Waals surface area contributed by atoms with Crippen molar-refractivity contribution in [1.82, 2.24) is 5.32 Å². The lowest BCUT2D eigenvalue weighted by Gasteiger charge is -2.39. The highest BCUT2D eigenvalue weighted by atomic mass is 19.4. The molecule has 15 heteroatoms. The smallest absolute Gasteiger partial charge is 0.416 e. The van der Waals surface area contributed by atoms with Crippen molar-refractivity contribution in [2.45, 2.75) is 56.8 Å². The Morgan fingerprint density at radius 2 is 1.49 bits per heavy atom. The molecule has 0 aromatic heterocycles. The molecule has 2 aromatic carbocycles. The summed E-state index contributed by atoms with van der Waals surface area (Å²) in [6, 6.07) is 1.45. The first-order valence-electron chi connectivity index (χ1n) is 11.4. The van der Waals surface area contributed by atoms with Gasteiger partial charge in [0.2, 0.25) is 0 Å². The molecule has 214 valence electrons. The molecule has 2 N–H and O–H groups in total. The average Bonchev–Trinajstić information content (AvgIpc) is 2.81. The van der Waals surface area contributed by atoms with Crippen LogP contribution in [-0.4, -0.2) is 29.9 Å². The Hall–Kier alpha value is -3.65. The van der Waals surface area contributed by atoms with Gasteiger partial charge < -0.3 is 15.2 Å². The predicted octanol–water partition coefficient (Wildman–Crippen LogP) is 7.42. The van der Waals surface area contributed by atoms with Crippen LogP contribution in [0.25, 0.3) is 0 Å². The molecule has 1 aliphatic rings. The van der Waals surface area contributed by atoms with Gasteiger partial charge in [0, 0.05) is 12.5 Å². The van der Waals surface area contributed by atoms with Gasteiger partial charge in [0.15, 0.2) is 0 Å². The fourth-order valence-electron chi connectivity index (χ4n) is 4.28. The van der Waals surface area contributed by atoms with Gasteiger partial charge in [0.05, 0.1) is 35.0 Å². The fraction of sp³-hybridized carbons (Fsp3) is 0.417. The zero-order valence-electron chi connectivity index (χ0n) is 20.0. The van der Waals surface area contributed by atoms with E-state index in [0.29, 0.717) is 24.3 Å². The van der Waals surface area contributed by atoms with Crippen LogP contribution < -0.4 is 10.2 Å². The number of fused-ring (bicyclic) bond motifs is 1. The number of nitrogens with one attached hydrogen (secondary N) is 1. The zero-order chi connectivity index (χ0) is 29.3. The van der Waals surface area contributed by atoms with Gasteiger partial charge in [0.25, 0.3) is 0 Å². The number of hydrogen-bond donors (Lipinski definition) is 2. The van der Waals surface area contributed by atoms with Gasteiger partial charge in [-0.3, -0.25) is 4.90 Å². The molecule has 0 fully saturated rings. The van der Waals surface area contributed by atoms with Crippen molar-refractivity contribution in [2.75, 3.05) is 11.5 Å². The fourth-order valence-corrected chi connectivity index (χ4v) is 4.28. The summed E-state index contributed by atoms with van der Waals surface area (Å²) in [6.07, 6.45) is -17.9. The first kappa shape index (κ1) is 29.9. The molecule has 0 aliphatic carbocycles. The van der Waals surface area contributed by atoms with Crippen molar-refractivity contribution in [3.63, 3.8) is 0 Å². The molecule has 1 aliphatic heterocycles. The van der Waals surface area contributed by atoms with Gasteiger partial charge in [-0.2, -0.15) is 39.5 Å². The maximum atomic E-state index is 13.3. The molecule has 3 rings (SSSR count). The van der Waals surface area contributed by atoms with E-state index in [9.17, 15) is 54.2 Å². The van der Waals surface area contributed by atoms with Gasteiger partial charge in [-0.15, -0.1) is 0 Å². The summed E-state index contributed by atoms with van der Waals surface area (Å²) < 4.78 is 123. The highest BCUT2D eigenvalue weighted by molar-refractivity contribution is 5.89. The second kappa shape index (κ2) is 10.8. The van der Waals surface area contributed by atoms with Crippen LogP contribution in [0.1, 0.15) is 53.6 Å². The number of ether oxygens (including phenoxy) is 1. The summed E-state index contributed by atoms with van der Waals surface area (Å²) in [5, 5.41) is 11.9. The topological polar surface area (TPSA) is 78.9 Å². The lowest BCUT2D eigenvalue weighted by atomic mass is 9.89. The van der Waals surface area contributed by atoms with Crippen LogP contribution in [0.4, 0.5) is 54.8 Å². The number of anilines is 1. The number of carbonyl (C=O) groups is 2. The Bertz CT molecular complexity index is 1190. The Balaban J connectivity index is 1.79. The van der Waals surface area contributed by atoms with Crippen molar-refractivity contribution >= 4 is 17.9 Å². The van der Waals surface area contributed by atoms with Crippen molar-refractivity contribution in [2.24, 2.45) is 0 Å². The van der Waals surface area contributed by atoms with Gasteiger partial charge in [0.1, 0.15) is 0 Å². The Labute approximate surface area is 215 Å². The van der Waals surface area contributed by atoms with E-state index in [1.165, 1.54) is 0 Å². The minimum absolute atomic E-state index is 0.0443. The molecule has 39 heavy (non-hydrogen) atoms. The number of hydrogen-bond acceptors (Lipinski definition) is 3. The summed E-state index contributed by atoms with van der Waals surface area (Å²) in [6.45, 7) is 0.987. The number of benzene rings is 2. The number of nitrogens with zero attached hydrogens (tertiary/aromatic N) is 1. The second-order valence-corrected chi connectivity index (χ2v) is 8.72. The Kier molecular flexibility index (Phi) is 8.32. The molecule has 0 spiro atoms. The van der Waals surface area contributed by atoms with Crippen LogP contribution in [0.2, 0.25) is 0 Å². The predicted molar refractivity (Wildman–Crippen MR) is 118 cm³/mol. The maximum Gasteiger partial charge on any atom is 0.416 e. The van der Waals surface area contributed by atoms with Crippen molar-refractivity contribution in [1.29, 1.82) is 0 Å². The standard InChI is InChI=1S/C24H21F9N2O4/c1-2-16-11-18(17-10-13(22(25,26)27)3-4-19(17)35(16)21(37)38)34-20(36)39-6-5-12-7-14(23(28,29)30)9-15(8-12)24(31,32)33/h3-4,7-10,16,18H,2,5-6,11H2,1H3,(H,34,36)(H,37,38)/t16-,18-/m0/s1. The minimum Gasteiger partial charge on any atom is -0.465 e. The molecule has 6 nitrogen and oxygen atoms in total. The third-order valence-electron chi connectivity index (χ3n) is 6.10. The largest absolute Gasteiger partial charge is 0.465 e. The monoisotopic (exact) mass is 572 g/mol. The normalized spacial score (nSPS) is 17.9. The molecule has 1 heterocycles. The minimum atomic E-state index is -5.06. The van der Waals surface area contributed by atoms with Crippen LogP contribution in [-0.2, 0) is 29.7 Å². The number of halogens is 9. The van der Waals surface area contributed by atoms with E-state index in [2.05, 4.69) is 5.32 Å². The molecule has 0 bridgehead atoms. The maximum absolute atomic E-state index is 13.3. The van der Waals surface area contributed by atoms with Gasteiger partial charge in [-0.05, 0) is 60.4 Å². The molecule has 0 saturated heterocycles. The lowest BCUT2D eigenvalue weighted by Crippen LogP contribution is -2.47. The average molecular weight is 572 g/mol. The van der Waals surface area contributed by atoms with Crippen LogP contribution in [0.15, 0.2) is 36.4 Å². The molecule has 2 amide bonds. The van der Waals surface area contributed by atoms with Gasteiger partial charge in [-0.1, -0.05) is 6.92 Å². The highest BCUT2D eigenvalue weighted by Gasteiger charge is 2.40. The first-order chi connectivity index (χ1) is 17.9. The van der Waals surface area contributed by atoms with Crippen molar-refractivity contribution < 1.29 is 58.9 Å². The summed E-state index contributed by atoms with van der Waals surface area (Å²) in [4.78, 5) is 25.1. The van der Waals surface area contributed by atoms with Gasteiger partial charge >= 0.3 is 30.7 Å². The third-order valence-corrected chi connectivity index (χ3v) is 6.10. The number of carboxylic acid groups (broad SMARTS) is 1. The van der Waals surface area contributed by atoms with Crippen LogP contribution in [0.3, 0.4) is 0 Å². The number of carbonyl (C=O) groups excluding carboxylic acids is 1. The van der Waals surface area contributed by atoms with Crippen LogP contribution >= 0.6 is 0 Å². The molecule has 0 radical (unpaired) electrons. The van der Waals surface area contributed by atoms with Gasteiger partial charge in [-0.25, -0.2) is 9.59 Å². The molecule has 2 aromatic rings. The van der Waals surface area contributed by atoms with Crippen LogP contribution in [0.5, 0.6) is 0 Å². The number of alkyl halides is 9. The molecule has 2 atom stereocenters. The third kappa shape index (κ3) is 7.06. The SMILES string of the molecule is CC[C@H]1C[C@H](NC(=O)OCCc2cc(C(F)(F)F)cc(C(F)(F)F)c2)c2cc(C(F)(F)F)ccc2N1C(=O)O. The van der Waals surface area contributed by atoms with E-state index in [1.807, 2.05) is 0 Å². The lowest BCUT2D eigenvalue weighted by molar-refractivity contribution is -0.143. The molecule has 0 saturated carbocycles. The summed E-state index contributed by atoms with van der Waals surface area (Å²) in [5.41, 5.74) is -4.81. The van der Waals surface area contributed by atoms with Crippen molar-refractivity contribution in [3.05, 3.63) is 64.2 Å². The van der Waals surface area contributed by atoms with E-state index < -0.39 is 78.1 Å². The second-order valence-electron chi connectivity index (χ2n) is 8.72. The molecular weight excluding hydrogens is 551 g/mol. The van der Waals surface area contributed by atoms with Crippen molar-refractivity contribution in [3.8, 4) is 0 Å². The molecule has 0 unspecified atom stereocenters. The number of rotatable bonds is 5. The highest BCUT2D eigenvalue weighted by Crippen LogP contribution is 2.42.